The lowest BCUT2D eigenvalue weighted by molar-refractivity contribution is -0.128. The van der Waals surface area contributed by atoms with Crippen LogP contribution in [0.15, 0.2) is 24.3 Å². The number of amides is 1. The van der Waals surface area contributed by atoms with Crippen molar-refractivity contribution >= 4 is 17.5 Å². The van der Waals surface area contributed by atoms with Crippen LogP contribution in [0.4, 0.5) is 0 Å². The molecule has 0 spiro atoms. The van der Waals surface area contributed by atoms with Crippen molar-refractivity contribution in [1.29, 1.82) is 0 Å². The Morgan fingerprint density at radius 1 is 1.50 bits per heavy atom. The first-order valence-electron chi connectivity index (χ1n) is 7.07. The molecule has 3 N–H and O–H groups in total. The third kappa shape index (κ3) is 3.87. The van der Waals surface area contributed by atoms with Gasteiger partial charge < -0.3 is 15.8 Å². The van der Waals surface area contributed by atoms with Crippen LogP contribution >= 0.6 is 11.6 Å². The normalized spacial score (nSPS) is 17.4. The summed E-state index contributed by atoms with van der Waals surface area (Å²) in [6.07, 6.45) is 2.33. The zero-order valence-corrected chi connectivity index (χ0v) is 12.4. The monoisotopic (exact) mass is 296 g/mol. The number of halogens is 1. The van der Waals surface area contributed by atoms with E-state index < -0.39 is 6.10 Å². The molecule has 4 nitrogen and oxygen atoms in total. The van der Waals surface area contributed by atoms with Gasteiger partial charge >= 0.3 is 0 Å². The Kier molecular flexibility index (Phi) is 5.26. The molecule has 1 fully saturated rings. The van der Waals surface area contributed by atoms with Crippen molar-refractivity contribution in [3.63, 3.8) is 0 Å². The lowest BCUT2D eigenvalue weighted by atomic mass is 10.1. The van der Waals surface area contributed by atoms with E-state index in [1.165, 1.54) is 0 Å². The second kappa shape index (κ2) is 6.95. The van der Waals surface area contributed by atoms with Crippen LogP contribution < -0.4 is 15.8 Å². The summed E-state index contributed by atoms with van der Waals surface area (Å²) in [6, 6.07) is 7.23. The average molecular weight is 297 g/mol. The molecule has 1 aliphatic carbocycles. The van der Waals surface area contributed by atoms with E-state index in [1.807, 2.05) is 19.1 Å². The first kappa shape index (κ1) is 15.1. The standard InChI is InChI=1S/C15H21ClN2O2/c1-2-13(20-14-6-4-3-5-11(14)16)15(19)18-12(9-17)10-7-8-10/h3-6,10,12-13H,2,7-9,17H2,1H3,(H,18,19). The molecule has 2 unspecified atom stereocenters. The van der Waals surface area contributed by atoms with Crippen molar-refractivity contribution in [2.75, 3.05) is 6.54 Å². The Balaban J connectivity index is 1.96. The molecule has 1 aromatic rings. The fraction of sp³-hybridized carbons (Fsp3) is 0.533. The molecule has 0 saturated heterocycles. The molecule has 1 amide bonds. The molecule has 0 aromatic heterocycles. The molecule has 110 valence electrons. The Morgan fingerprint density at radius 2 is 2.20 bits per heavy atom. The van der Waals surface area contributed by atoms with Crippen LogP contribution in [0, 0.1) is 5.92 Å². The van der Waals surface area contributed by atoms with Gasteiger partial charge in [0.05, 0.1) is 5.02 Å². The number of nitrogens with one attached hydrogen (secondary N) is 1. The lowest BCUT2D eigenvalue weighted by Gasteiger charge is -2.22. The lowest BCUT2D eigenvalue weighted by Crippen LogP contribution is -2.47. The SMILES string of the molecule is CCC(Oc1ccccc1Cl)C(=O)NC(CN)C1CC1. The zero-order chi connectivity index (χ0) is 14.5. The minimum atomic E-state index is -0.539. The van der Waals surface area contributed by atoms with Gasteiger partial charge in [-0.05, 0) is 37.3 Å². The molecular weight excluding hydrogens is 276 g/mol. The van der Waals surface area contributed by atoms with Crippen molar-refractivity contribution in [2.24, 2.45) is 11.7 Å². The number of hydrogen-bond acceptors (Lipinski definition) is 3. The third-order valence-corrected chi connectivity index (χ3v) is 3.85. The second-order valence-corrected chi connectivity index (χ2v) is 5.54. The van der Waals surface area contributed by atoms with Crippen molar-refractivity contribution in [3.05, 3.63) is 29.3 Å². The average Bonchev–Trinajstić information content (AvgIpc) is 3.28. The molecule has 5 heteroatoms. The van der Waals surface area contributed by atoms with E-state index in [9.17, 15) is 4.79 Å². The van der Waals surface area contributed by atoms with Gasteiger partial charge in [-0.15, -0.1) is 0 Å². The number of carbonyl (C=O) groups is 1. The number of benzene rings is 1. The molecule has 1 saturated carbocycles. The van der Waals surface area contributed by atoms with Gasteiger partial charge in [-0.1, -0.05) is 30.7 Å². The van der Waals surface area contributed by atoms with E-state index in [0.29, 0.717) is 29.7 Å². The van der Waals surface area contributed by atoms with E-state index in [1.54, 1.807) is 12.1 Å². The van der Waals surface area contributed by atoms with E-state index in [4.69, 9.17) is 22.1 Å². The van der Waals surface area contributed by atoms with Crippen LogP contribution in [-0.2, 0) is 4.79 Å². The van der Waals surface area contributed by atoms with Gasteiger partial charge in [0.15, 0.2) is 6.10 Å². The summed E-state index contributed by atoms with van der Waals surface area (Å²) >= 11 is 6.05. The predicted octanol–water partition coefficient (Wildman–Crippen LogP) is 2.35. The van der Waals surface area contributed by atoms with Gasteiger partial charge in [-0.3, -0.25) is 4.79 Å². The van der Waals surface area contributed by atoms with E-state index in [2.05, 4.69) is 5.32 Å². The second-order valence-electron chi connectivity index (χ2n) is 5.13. The van der Waals surface area contributed by atoms with Gasteiger partial charge in [0, 0.05) is 12.6 Å². The number of rotatable bonds is 7. The van der Waals surface area contributed by atoms with Crippen molar-refractivity contribution in [2.45, 2.75) is 38.3 Å². The van der Waals surface area contributed by atoms with E-state index in [0.717, 1.165) is 12.8 Å². The number of hydrogen-bond donors (Lipinski definition) is 2. The molecule has 0 heterocycles. The molecule has 0 radical (unpaired) electrons. The Labute approximate surface area is 124 Å². The Morgan fingerprint density at radius 3 is 2.75 bits per heavy atom. The zero-order valence-electron chi connectivity index (χ0n) is 11.6. The highest BCUT2D eigenvalue weighted by molar-refractivity contribution is 6.32. The fourth-order valence-electron chi connectivity index (χ4n) is 2.16. The molecule has 1 aromatic carbocycles. The number of ether oxygens (including phenoxy) is 1. The van der Waals surface area contributed by atoms with Gasteiger partial charge in [0.2, 0.25) is 0 Å². The van der Waals surface area contributed by atoms with Crippen LogP contribution in [-0.4, -0.2) is 24.6 Å². The highest BCUT2D eigenvalue weighted by atomic mass is 35.5. The van der Waals surface area contributed by atoms with Crippen LogP contribution in [0.1, 0.15) is 26.2 Å². The quantitative estimate of drug-likeness (QED) is 0.812. The Hall–Kier alpha value is -1.26. The summed E-state index contributed by atoms with van der Waals surface area (Å²) in [5.74, 6) is 0.948. The molecule has 0 aliphatic heterocycles. The van der Waals surface area contributed by atoms with Gasteiger partial charge in [0.25, 0.3) is 5.91 Å². The summed E-state index contributed by atoms with van der Waals surface area (Å²) in [4.78, 5) is 12.3. The molecular formula is C15H21ClN2O2. The summed E-state index contributed by atoms with van der Waals surface area (Å²) in [5.41, 5.74) is 5.70. The summed E-state index contributed by atoms with van der Waals surface area (Å²) in [5, 5.41) is 3.50. The topological polar surface area (TPSA) is 64.3 Å². The summed E-state index contributed by atoms with van der Waals surface area (Å²) < 4.78 is 5.72. The van der Waals surface area contributed by atoms with Gasteiger partial charge in [-0.25, -0.2) is 0 Å². The molecule has 20 heavy (non-hydrogen) atoms. The molecule has 1 aliphatic rings. The molecule has 2 rings (SSSR count). The largest absolute Gasteiger partial charge is 0.479 e. The van der Waals surface area contributed by atoms with Crippen LogP contribution in [0.2, 0.25) is 5.02 Å². The highest BCUT2D eigenvalue weighted by Gasteiger charge is 2.33. The summed E-state index contributed by atoms with van der Waals surface area (Å²) in [7, 11) is 0. The predicted molar refractivity (Wildman–Crippen MR) is 79.9 cm³/mol. The summed E-state index contributed by atoms with van der Waals surface area (Å²) in [6.45, 7) is 2.38. The third-order valence-electron chi connectivity index (χ3n) is 3.54. The fourth-order valence-corrected chi connectivity index (χ4v) is 2.34. The number of para-hydroxylation sites is 1. The number of carbonyl (C=O) groups excluding carboxylic acids is 1. The smallest absolute Gasteiger partial charge is 0.261 e. The van der Waals surface area contributed by atoms with Crippen molar-refractivity contribution in [3.8, 4) is 5.75 Å². The highest BCUT2D eigenvalue weighted by Crippen LogP contribution is 2.32. The van der Waals surface area contributed by atoms with Crippen LogP contribution in [0.3, 0.4) is 0 Å². The van der Waals surface area contributed by atoms with Crippen molar-refractivity contribution < 1.29 is 9.53 Å². The first-order valence-corrected chi connectivity index (χ1v) is 7.45. The maximum atomic E-state index is 12.3. The maximum absolute atomic E-state index is 12.3. The van der Waals surface area contributed by atoms with Crippen LogP contribution in [0.5, 0.6) is 5.75 Å². The van der Waals surface area contributed by atoms with E-state index >= 15 is 0 Å². The Bertz CT molecular complexity index is 463. The van der Waals surface area contributed by atoms with E-state index in [-0.39, 0.29) is 11.9 Å². The molecule has 2 atom stereocenters. The minimum absolute atomic E-state index is 0.0615. The first-order chi connectivity index (χ1) is 9.65. The van der Waals surface area contributed by atoms with Crippen molar-refractivity contribution in [1.82, 2.24) is 5.32 Å². The minimum Gasteiger partial charge on any atom is -0.479 e. The van der Waals surface area contributed by atoms with Crippen LogP contribution in [0.25, 0.3) is 0 Å². The van der Waals surface area contributed by atoms with Gasteiger partial charge in [-0.2, -0.15) is 0 Å². The molecule has 0 bridgehead atoms. The number of nitrogens with two attached hydrogens (primary N) is 1. The maximum Gasteiger partial charge on any atom is 0.261 e. The van der Waals surface area contributed by atoms with Gasteiger partial charge in [0.1, 0.15) is 5.75 Å².